The second-order valence-electron chi connectivity index (χ2n) is 2.98. The lowest BCUT2D eigenvalue weighted by molar-refractivity contribution is -0.139. The van der Waals surface area contributed by atoms with Gasteiger partial charge in [-0.15, -0.1) is 18.3 Å². The average Bonchev–Trinajstić information content (AvgIpc) is 2.24. The van der Waals surface area contributed by atoms with Crippen LogP contribution in [0.15, 0.2) is 12.7 Å². The minimum absolute atomic E-state index is 0.101. The van der Waals surface area contributed by atoms with Crippen molar-refractivity contribution in [1.82, 2.24) is 5.32 Å². The van der Waals surface area contributed by atoms with Gasteiger partial charge < -0.3 is 10.1 Å². The molecule has 0 spiro atoms. The van der Waals surface area contributed by atoms with Gasteiger partial charge in [-0.2, -0.15) is 0 Å². The van der Waals surface area contributed by atoms with Crippen LogP contribution in [0, 0.1) is 0 Å². The van der Waals surface area contributed by atoms with Gasteiger partial charge in [-0.3, -0.25) is 9.59 Å². The molecule has 0 fully saturated rings. The first-order valence-electron chi connectivity index (χ1n) is 4.64. The van der Waals surface area contributed by atoms with E-state index in [1.807, 2.05) is 0 Å². The summed E-state index contributed by atoms with van der Waals surface area (Å²) in [4.78, 5) is 22.5. The summed E-state index contributed by atoms with van der Waals surface area (Å²) in [6.45, 7) is 7.41. The van der Waals surface area contributed by atoms with E-state index in [1.165, 1.54) is 18.9 Å². The molecule has 86 valence electrons. The van der Waals surface area contributed by atoms with Crippen LogP contribution in [0.3, 0.4) is 0 Å². The molecule has 1 N–H and O–H groups in total. The molecule has 0 aliphatic carbocycles. The van der Waals surface area contributed by atoms with Crippen LogP contribution in [0.4, 0.5) is 0 Å². The summed E-state index contributed by atoms with van der Waals surface area (Å²) in [6.07, 6.45) is 1.61. The minimum atomic E-state index is -0.334. The van der Waals surface area contributed by atoms with Gasteiger partial charge in [0.25, 0.3) is 0 Å². The summed E-state index contributed by atoms with van der Waals surface area (Å²) >= 11 is 1.27. The van der Waals surface area contributed by atoms with Crippen molar-refractivity contribution >= 4 is 23.6 Å². The summed E-state index contributed by atoms with van der Waals surface area (Å²) in [7, 11) is 1.34. The Morgan fingerprint density at radius 3 is 2.53 bits per heavy atom. The highest BCUT2D eigenvalue weighted by atomic mass is 32.2. The second-order valence-corrected chi connectivity index (χ2v) is 4.66. The molecule has 5 heteroatoms. The van der Waals surface area contributed by atoms with Gasteiger partial charge in [-0.1, -0.05) is 6.08 Å². The fraction of sp³-hybridized carbons (Fsp3) is 0.600. The Morgan fingerprint density at radius 1 is 1.47 bits per heavy atom. The zero-order valence-corrected chi connectivity index (χ0v) is 10.1. The zero-order valence-electron chi connectivity index (χ0n) is 9.28. The van der Waals surface area contributed by atoms with Crippen LogP contribution in [-0.4, -0.2) is 36.0 Å². The Morgan fingerprint density at radius 2 is 2.07 bits per heavy atom. The van der Waals surface area contributed by atoms with Crippen molar-refractivity contribution in [3.63, 3.8) is 0 Å². The van der Waals surface area contributed by atoms with E-state index in [4.69, 9.17) is 0 Å². The van der Waals surface area contributed by atoms with Crippen LogP contribution in [0.5, 0.6) is 0 Å². The predicted molar refractivity (Wildman–Crippen MR) is 61.7 cm³/mol. The molecule has 0 heterocycles. The third kappa shape index (κ3) is 5.47. The second kappa shape index (κ2) is 7.34. The topological polar surface area (TPSA) is 55.4 Å². The summed E-state index contributed by atoms with van der Waals surface area (Å²) in [5, 5.41) is 2.05. The number of ether oxygens (including phenoxy) is 1. The van der Waals surface area contributed by atoms with E-state index < -0.39 is 0 Å². The number of carbonyl (C=O) groups is 2. The SMILES string of the molecule is C=CCNC(=O)C(C)SC(C)C(=O)OC. The molecule has 2 unspecified atom stereocenters. The van der Waals surface area contributed by atoms with Crippen LogP contribution < -0.4 is 5.32 Å². The fourth-order valence-electron chi connectivity index (χ4n) is 0.906. The Balaban J connectivity index is 4.00. The van der Waals surface area contributed by atoms with Crippen molar-refractivity contribution in [1.29, 1.82) is 0 Å². The molecule has 0 rings (SSSR count). The van der Waals surface area contributed by atoms with Gasteiger partial charge in [0, 0.05) is 6.54 Å². The Hall–Kier alpha value is -0.970. The lowest BCUT2D eigenvalue weighted by Crippen LogP contribution is -2.33. The summed E-state index contributed by atoms with van der Waals surface area (Å²) in [5.41, 5.74) is 0. The van der Waals surface area contributed by atoms with E-state index in [9.17, 15) is 9.59 Å². The van der Waals surface area contributed by atoms with Gasteiger partial charge in [-0.05, 0) is 13.8 Å². The molecule has 1 amide bonds. The largest absolute Gasteiger partial charge is 0.468 e. The van der Waals surface area contributed by atoms with Crippen molar-refractivity contribution < 1.29 is 14.3 Å². The predicted octanol–water partition coefficient (Wildman–Crippen LogP) is 0.972. The molecular formula is C10H17NO3S. The maximum Gasteiger partial charge on any atom is 0.318 e. The van der Waals surface area contributed by atoms with Crippen LogP contribution >= 0.6 is 11.8 Å². The third-order valence-electron chi connectivity index (χ3n) is 1.73. The number of hydrogen-bond acceptors (Lipinski definition) is 4. The number of thioether (sulfide) groups is 1. The minimum Gasteiger partial charge on any atom is -0.468 e. The molecule has 0 aliphatic rings. The summed E-state index contributed by atoms with van der Waals surface area (Å²) in [5.74, 6) is -0.418. The Labute approximate surface area is 94.4 Å². The number of rotatable bonds is 6. The summed E-state index contributed by atoms with van der Waals surface area (Å²) < 4.78 is 4.57. The molecule has 0 saturated heterocycles. The zero-order chi connectivity index (χ0) is 11.8. The fourth-order valence-corrected chi connectivity index (χ4v) is 1.93. The van der Waals surface area contributed by atoms with Gasteiger partial charge in [0.1, 0.15) is 5.25 Å². The number of esters is 1. The van der Waals surface area contributed by atoms with Crippen molar-refractivity contribution in [2.45, 2.75) is 24.3 Å². The van der Waals surface area contributed by atoms with E-state index in [0.717, 1.165) is 0 Å². The number of carbonyl (C=O) groups excluding carboxylic acids is 2. The molecule has 15 heavy (non-hydrogen) atoms. The highest BCUT2D eigenvalue weighted by Crippen LogP contribution is 2.18. The average molecular weight is 231 g/mol. The van der Waals surface area contributed by atoms with Crippen LogP contribution in [0.2, 0.25) is 0 Å². The first-order chi connectivity index (χ1) is 7.02. The lowest BCUT2D eigenvalue weighted by Gasteiger charge is -2.14. The molecular weight excluding hydrogens is 214 g/mol. The first-order valence-corrected chi connectivity index (χ1v) is 5.59. The van der Waals surface area contributed by atoms with Gasteiger partial charge in [0.15, 0.2) is 0 Å². The maximum absolute atomic E-state index is 11.4. The van der Waals surface area contributed by atoms with Gasteiger partial charge in [-0.25, -0.2) is 0 Å². The maximum atomic E-state index is 11.4. The number of hydrogen-bond donors (Lipinski definition) is 1. The van der Waals surface area contributed by atoms with Gasteiger partial charge in [0.05, 0.1) is 12.4 Å². The van der Waals surface area contributed by atoms with Gasteiger partial charge in [0.2, 0.25) is 5.91 Å². The molecule has 2 atom stereocenters. The monoisotopic (exact) mass is 231 g/mol. The quantitative estimate of drug-likeness (QED) is 0.547. The van der Waals surface area contributed by atoms with Crippen LogP contribution in [0.1, 0.15) is 13.8 Å². The molecule has 0 aromatic heterocycles. The molecule has 0 aromatic rings. The standard InChI is InChI=1S/C10H17NO3S/c1-5-6-11-9(12)7(2)15-8(3)10(13)14-4/h5,7-8H,1,6H2,2-4H3,(H,11,12). The number of amides is 1. The number of methoxy groups -OCH3 is 1. The third-order valence-corrected chi connectivity index (χ3v) is 2.95. The smallest absolute Gasteiger partial charge is 0.318 e. The molecule has 0 saturated carbocycles. The highest BCUT2D eigenvalue weighted by Gasteiger charge is 2.21. The van der Waals surface area contributed by atoms with E-state index in [2.05, 4.69) is 16.6 Å². The van der Waals surface area contributed by atoms with Crippen LogP contribution in [0.25, 0.3) is 0 Å². The highest BCUT2D eigenvalue weighted by molar-refractivity contribution is 8.01. The van der Waals surface area contributed by atoms with E-state index >= 15 is 0 Å². The van der Waals surface area contributed by atoms with E-state index in [-0.39, 0.29) is 22.4 Å². The van der Waals surface area contributed by atoms with Crippen molar-refractivity contribution in [2.24, 2.45) is 0 Å². The van der Waals surface area contributed by atoms with Crippen molar-refractivity contribution in [3.8, 4) is 0 Å². The Kier molecular flexibility index (Phi) is 6.86. The lowest BCUT2D eigenvalue weighted by atomic mass is 10.4. The molecule has 0 aliphatic heterocycles. The first kappa shape index (κ1) is 14.0. The van der Waals surface area contributed by atoms with Crippen molar-refractivity contribution in [2.75, 3.05) is 13.7 Å². The van der Waals surface area contributed by atoms with E-state index in [1.54, 1.807) is 19.9 Å². The normalized spacial score (nSPS) is 13.8. The molecule has 0 bridgehead atoms. The molecule has 4 nitrogen and oxygen atoms in total. The van der Waals surface area contributed by atoms with Crippen LogP contribution in [-0.2, 0) is 14.3 Å². The van der Waals surface area contributed by atoms with Gasteiger partial charge >= 0.3 is 5.97 Å². The summed E-state index contributed by atoms with van der Waals surface area (Å²) in [6, 6.07) is 0. The molecule has 0 radical (unpaired) electrons. The Bertz CT molecular complexity index is 243. The molecule has 0 aromatic carbocycles. The van der Waals surface area contributed by atoms with E-state index in [0.29, 0.717) is 6.54 Å². The van der Waals surface area contributed by atoms with Crippen molar-refractivity contribution in [3.05, 3.63) is 12.7 Å². The number of nitrogens with one attached hydrogen (secondary N) is 1.